The van der Waals surface area contributed by atoms with Crippen molar-refractivity contribution in [2.24, 2.45) is 5.73 Å². The maximum absolute atomic E-state index is 10.4. The largest absolute Gasteiger partial charge is 0.480 e. The number of hydrogen-bond acceptors (Lipinski definition) is 4. The van der Waals surface area contributed by atoms with E-state index in [1.54, 1.807) is 0 Å². The molecule has 5 nitrogen and oxygen atoms in total. The molecule has 0 aromatic rings. The van der Waals surface area contributed by atoms with Gasteiger partial charge in [0.2, 0.25) is 0 Å². The first-order chi connectivity index (χ1) is 5.07. The highest BCUT2D eigenvalue weighted by atomic mass is 16.5. The number of hydrogen-bond donors (Lipinski definition) is 2. The van der Waals surface area contributed by atoms with Crippen LogP contribution in [0.25, 0.3) is 0 Å². The Morgan fingerprint density at radius 1 is 1.73 bits per heavy atom. The molecule has 0 aliphatic carbocycles. The Bertz CT molecular complexity index is 177. The van der Waals surface area contributed by atoms with Gasteiger partial charge in [0.25, 0.3) is 0 Å². The predicted molar refractivity (Wildman–Crippen MR) is 36.8 cm³/mol. The second kappa shape index (κ2) is 4.45. The number of ether oxygens (including phenoxy) is 1. The van der Waals surface area contributed by atoms with Gasteiger partial charge in [-0.1, -0.05) is 6.58 Å². The van der Waals surface area contributed by atoms with Crippen molar-refractivity contribution in [3.8, 4) is 0 Å². The van der Waals surface area contributed by atoms with Crippen LogP contribution in [0.5, 0.6) is 0 Å². The van der Waals surface area contributed by atoms with E-state index in [-0.39, 0.29) is 6.61 Å². The van der Waals surface area contributed by atoms with Gasteiger partial charge in [0.05, 0.1) is 0 Å². The summed E-state index contributed by atoms with van der Waals surface area (Å²) in [6.45, 7) is 2.79. The van der Waals surface area contributed by atoms with Crippen LogP contribution in [0.1, 0.15) is 0 Å². The lowest BCUT2D eigenvalue weighted by Gasteiger charge is -2.04. The highest BCUT2D eigenvalue weighted by Crippen LogP contribution is 1.83. The molecule has 0 aliphatic rings. The number of carboxylic acid groups (broad SMARTS) is 1. The first-order valence-electron chi connectivity index (χ1n) is 2.85. The van der Waals surface area contributed by atoms with Gasteiger partial charge in [-0.3, -0.25) is 4.79 Å². The van der Waals surface area contributed by atoms with Crippen molar-refractivity contribution in [3.05, 3.63) is 12.7 Å². The summed E-state index contributed by atoms with van der Waals surface area (Å²) in [5.74, 6) is -1.89. The van der Waals surface area contributed by atoms with E-state index in [0.717, 1.165) is 6.08 Å². The van der Waals surface area contributed by atoms with Crippen LogP contribution in [0.2, 0.25) is 0 Å². The van der Waals surface area contributed by atoms with Crippen LogP contribution < -0.4 is 5.73 Å². The van der Waals surface area contributed by atoms with Crippen LogP contribution in [-0.4, -0.2) is 29.7 Å². The van der Waals surface area contributed by atoms with Crippen molar-refractivity contribution >= 4 is 11.9 Å². The average molecular weight is 159 g/mol. The number of nitrogens with two attached hydrogens (primary N) is 1. The Labute approximate surface area is 63.4 Å². The highest BCUT2D eigenvalue weighted by molar-refractivity contribution is 5.81. The van der Waals surface area contributed by atoms with Crippen molar-refractivity contribution < 1.29 is 19.4 Å². The molecule has 3 N–H and O–H groups in total. The lowest BCUT2D eigenvalue weighted by molar-refractivity contribution is -0.144. The van der Waals surface area contributed by atoms with Gasteiger partial charge >= 0.3 is 11.9 Å². The van der Waals surface area contributed by atoms with Crippen LogP contribution in [0.3, 0.4) is 0 Å². The zero-order valence-electron chi connectivity index (χ0n) is 5.82. The third kappa shape index (κ3) is 4.10. The topological polar surface area (TPSA) is 89.6 Å². The van der Waals surface area contributed by atoms with Crippen molar-refractivity contribution in [2.45, 2.75) is 6.04 Å². The maximum atomic E-state index is 10.4. The molecule has 0 radical (unpaired) electrons. The quantitative estimate of drug-likeness (QED) is 0.411. The summed E-state index contributed by atoms with van der Waals surface area (Å²) in [7, 11) is 0. The van der Waals surface area contributed by atoms with E-state index in [2.05, 4.69) is 11.3 Å². The molecule has 0 fully saturated rings. The van der Waals surface area contributed by atoms with Crippen LogP contribution in [0, 0.1) is 0 Å². The molecule has 0 aromatic heterocycles. The molecule has 0 aromatic carbocycles. The third-order valence-electron chi connectivity index (χ3n) is 0.889. The minimum absolute atomic E-state index is 0.333. The minimum Gasteiger partial charge on any atom is -0.480 e. The van der Waals surface area contributed by atoms with E-state index in [4.69, 9.17) is 10.8 Å². The summed E-state index contributed by atoms with van der Waals surface area (Å²) >= 11 is 0. The smallest absolute Gasteiger partial charge is 0.330 e. The Balaban J connectivity index is 3.62. The molecule has 0 bridgehead atoms. The molecule has 11 heavy (non-hydrogen) atoms. The van der Waals surface area contributed by atoms with Crippen molar-refractivity contribution in [1.82, 2.24) is 0 Å². The second-order valence-electron chi connectivity index (χ2n) is 1.78. The molecule has 0 saturated carbocycles. The van der Waals surface area contributed by atoms with E-state index >= 15 is 0 Å². The molecule has 0 amide bonds. The summed E-state index contributed by atoms with van der Waals surface area (Å²) in [4.78, 5) is 20.4. The van der Waals surface area contributed by atoms with Gasteiger partial charge in [0.1, 0.15) is 12.6 Å². The monoisotopic (exact) mass is 159 g/mol. The molecule has 0 aliphatic heterocycles. The van der Waals surface area contributed by atoms with Crippen molar-refractivity contribution in [3.63, 3.8) is 0 Å². The molecule has 0 heterocycles. The minimum atomic E-state index is -1.21. The first kappa shape index (κ1) is 9.64. The summed E-state index contributed by atoms with van der Waals surface area (Å²) in [5.41, 5.74) is 5.01. The number of esters is 1. The van der Waals surface area contributed by atoms with Crippen LogP contribution in [-0.2, 0) is 14.3 Å². The zero-order chi connectivity index (χ0) is 8.85. The predicted octanol–water partition coefficient (Wildman–Crippen LogP) is -0.872. The molecule has 0 unspecified atom stereocenters. The van der Waals surface area contributed by atoms with Gasteiger partial charge in [-0.15, -0.1) is 0 Å². The standard InChI is InChI=1S/C6H9NO4/c1-2-5(8)11-3-4(7)6(9)10/h2,4H,1,3,7H2,(H,9,10)/t4-/m0/s1. The van der Waals surface area contributed by atoms with E-state index in [1.807, 2.05) is 0 Å². The number of carbonyl (C=O) groups is 2. The number of carbonyl (C=O) groups excluding carboxylic acids is 1. The Morgan fingerprint density at radius 2 is 2.27 bits per heavy atom. The lowest BCUT2D eigenvalue weighted by Crippen LogP contribution is -2.35. The molecular formula is C6H9NO4. The second-order valence-corrected chi connectivity index (χ2v) is 1.78. The fourth-order valence-corrected chi connectivity index (χ4v) is 0.302. The third-order valence-corrected chi connectivity index (χ3v) is 0.889. The summed E-state index contributed by atoms with van der Waals surface area (Å²) in [6.07, 6.45) is 0.939. The van der Waals surface area contributed by atoms with Gasteiger partial charge in [0.15, 0.2) is 0 Å². The Morgan fingerprint density at radius 3 is 2.64 bits per heavy atom. The normalized spacial score (nSPS) is 11.7. The van der Waals surface area contributed by atoms with Crippen LogP contribution >= 0.6 is 0 Å². The van der Waals surface area contributed by atoms with Crippen molar-refractivity contribution in [1.29, 1.82) is 0 Å². The first-order valence-corrected chi connectivity index (χ1v) is 2.85. The molecular weight excluding hydrogens is 150 g/mol. The number of aliphatic carboxylic acids is 1. The molecule has 1 atom stereocenters. The van der Waals surface area contributed by atoms with E-state index < -0.39 is 18.0 Å². The highest BCUT2D eigenvalue weighted by Gasteiger charge is 2.12. The van der Waals surface area contributed by atoms with Crippen LogP contribution in [0.4, 0.5) is 0 Å². The van der Waals surface area contributed by atoms with Crippen molar-refractivity contribution in [2.75, 3.05) is 6.61 Å². The Kier molecular flexibility index (Phi) is 3.90. The fraction of sp³-hybridized carbons (Fsp3) is 0.333. The summed E-state index contributed by atoms with van der Waals surface area (Å²) < 4.78 is 4.35. The van der Waals surface area contributed by atoms with Gasteiger partial charge in [-0.25, -0.2) is 4.79 Å². The van der Waals surface area contributed by atoms with Gasteiger partial charge < -0.3 is 15.6 Å². The SMILES string of the molecule is C=CC(=O)OC[C@H](N)C(=O)O. The van der Waals surface area contributed by atoms with Crippen LogP contribution in [0.15, 0.2) is 12.7 Å². The van der Waals surface area contributed by atoms with Gasteiger partial charge in [-0.2, -0.15) is 0 Å². The fourth-order valence-electron chi connectivity index (χ4n) is 0.302. The molecule has 0 spiro atoms. The molecule has 62 valence electrons. The Hall–Kier alpha value is -1.36. The molecule has 5 heteroatoms. The van der Waals surface area contributed by atoms with E-state index in [9.17, 15) is 9.59 Å². The molecule has 0 saturated heterocycles. The van der Waals surface area contributed by atoms with Gasteiger partial charge in [0, 0.05) is 6.08 Å². The van der Waals surface area contributed by atoms with E-state index in [0.29, 0.717) is 0 Å². The van der Waals surface area contributed by atoms with Gasteiger partial charge in [-0.05, 0) is 0 Å². The zero-order valence-corrected chi connectivity index (χ0v) is 5.82. The summed E-state index contributed by atoms with van der Waals surface area (Å²) in [5, 5.41) is 8.23. The van der Waals surface area contributed by atoms with E-state index in [1.165, 1.54) is 0 Å². The number of carboxylic acids is 1. The maximum Gasteiger partial charge on any atom is 0.330 e. The number of rotatable bonds is 4. The lowest BCUT2D eigenvalue weighted by atomic mass is 10.3. The average Bonchev–Trinajstić information content (AvgIpc) is 1.99. The molecule has 0 rings (SSSR count). The summed E-state index contributed by atoms with van der Waals surface area (Å²) in [6, 6.07) is -1.17.